The van der Waals surface area contributed by atoms with Gasteiger partial charge in [0.25, 0.3) is 0 Å². The molecule has 1 aliphatic rings. The Morgan fingerprint density at radius 1 is 1.60 bits per heavy atom. The molecule has 0 aromatic rings. The van der Waals surface area contributed by atoms with Crippen LogP contribution < -0.4 is 5.32 Å². The van der Waals surface area contributed by atoms with Crippen molar-refractivity contribution in [3.05, 3.63) is 0 Å². The molecule has 1 rings (SSSR count). The summed E-state index contributed by atoms with van der Waals surface area (Å²) in [6, 6.07) is 0. The zero-order chi connectivity index (χ0) is 11.3. The van der Waals surface area contributed by atoms with Crippen LogP contribution in [-0.4, -0.2) is 29.5 Å². The number of nitrogens with one attached hydrogen (secondary N) is 1. The summed E-state index contributed by atoms with van der Waals surface area (Å²) in [5, 5.41) is 12.4. The van der Waals surface area contributed by atoms with E-state index >= 15 is 0 Å². The van der Waals surface area contributed by atoms with Crippen LogP contribution in [0.3, 0.4) is 0 Å². The molecule has 0 bridgehead atoms. The number of aliphatic hydroxyl groups excluding tert-OH is 1. The molecule has 0 radical (unpaired) electrons. The number of hydrogen-bond donors (Lipinski definition) is 2. The molecule has 0 heterocycles. The molecule has 3 nitrogen and oxygen atoms in total. The molecule has 1 saturated carbocycles. The van der Waals surface area contributed by atoms with Crippen LogP contribution in [0, 0.1) is 11.8 Å². The van der Waals surface area contributed by atoms with Crippen molar-refractivity contribution < 1.29 is 9.90 Å². The van der Waals surface area contributed by atoms with Gasteiger partial charge in [-0.1, -0.05) is 13.3 Å². The Hall–Kier alpha value is -0.280. The minimum Gasteiger partial charge on any atom is -0.393 e. The lowest BCUT2D eigenvalue weighted by Gasteiger charge is -2.26. The summed E-state index contributed by atoms with van der Waals surface area (Å²) in [7, 11) is 0. The van der Waals surface area contributed by atoms with E-state index in [4.69, 9.17) is 11.6 Å². The van der Waals surface area contributed by atoms with Gasteiger partial charge in [-0.15, -0.1) is 11.6 Å². The van der Waals surface area contributed by atoms with Gasteiger partial charge in [0.1, 0.15) is 0 Å². The predicted octanol–water partition coefficient (Wildman–Crippen LogP) is 1.53. The monoisotopic (exact) mass is 233 g/mol. The molecule has 1 amide bonds. The maximum absolute atomic E-state index is 11.4. The number of hydrogen-bond acceptors (Lipinski definition) is 2. The van der Waals surface area contributed by atoms with Crippen LogP contribution in [-0.2, 0) is 4.79 Å². The van der Waals surface area contributed by atoms with Crippen LogP contribution in [0.1, 0.15) is 32.6 Å². The third kappa shape index (κ3) is 4.39. The quantitative estimate of drug-likeness (QED) is 0.724. The zero-order valence-corrected chi connectivity index (χ0v) is 9.96. The molecule has 1 fully saturated rings. The predicted molar refractivity (Wildman–Crippen MR) is 60.9 cm³/mol. The molecule has 0 spiro atoms. The highest BCUT2D eigenvalue weighted by molar-refractivity contribution is 6.19. The SMILES string of the molecule is CC(CCl)C(=O)NCC1CCCC(O)C1. The second-order valence-corrected chi connectivity index (χ2v) is 4.80. The molecule has 4 heteroatoms. The molecular formula is C11H20ClNO2. The Bertz CT molecular complexity index is 211. The third-order valence-electron chi connectivity index (χ3n) is 3.00. The summed E-state index contributed by atoms with van der Waals surface area (Å²) in [4.78, 5) is 11.4. The van der Waals surface area contributed by atoms with E-state index in [9.17, 15) is 9.90 Å². The van der Waals surface area contributed by atoms with Gasteiger partial charge < -0.3 is 10.4 Å². The number of rotatable bonds is 4. The minimum absolute atomic E-state index is 0.0186. The van der Waals surface area contributed by atoms with E-state index in [1.807, 2.05) is 6.92 Å². The fourth-order valence-electron chi connectivity index (χ4n) is 1.94. The van der Waals surface area contributed by atoms with Crippen molar-refractivity contribution in [1.82, 2.24) is 5.32 Å². The Balaban J connectivity index is 2.21. The highest BCUT2D eigenvalue weighted by atomic mass is 35.5. The van der Waals surface area contributed by atoms with E-state index in [2.05, 4.69) is 5.32 Å². The van der Waals surface area contributed by atoms with Crippen molar-refractivity contribution in [3.8, 4) is 0 Å². The highest BCUT2D eigenvalue weighted by Crippen LogP contribution is 2.23. The number of halogens is 1. The topological polar surface area (TPSA) is 49.3 Å². The van der Waals surface area contributed by atoms with Crippen molar-refractivity contribution in [1.29, 1.82) is 0 Å². The number of carbonyl (C=O) groups excluding carboxylic acids is 1. The van der Waals surface area contributed by atoms with Crippen molar-refractivity contribution in [2.24, 2.45) is 11.8 Å². The van der Waals surface area contributed by atoms with Gasteiger partial charge in [-0.3, -0.25) is 4.79 Å². The first-order valence-electron chi connectivity index (χ1n) is 5.65. The lowest BCUT2D eigenvalue weighted by atomic mass is 9.87. The van der Waals surface area contributed by atoms with Gasteiger partial charge in [0, 0.05) is 18.3 Å². The van der Waals surface area contributed by atoms with Gasteiger partial charge in [0.15, 0.2) is 0 Å². The van der Waals surface area contributed by atoms with Crippen LogP contribution >= 0.6 is 11.6 Å². The van der Waals surface area contributed by atoms with Gasteiger partial charge in [0.05, 0.1) is 6.10 Å². The fraction of sp³-hybridized carbons (Fsp3) is 0.909. The highest BCUT2D eigenvalue weighted by Gasteiger charge is 2.21. The van der Waals surface area contributed by atoms with E-state index in [0.29, 0.717) is 18.3 Å². The second-order valence-electron chi connectivity index (χ2n) is 4.49. The summed E-state index contributed by atoms with van der Waals surface area (Å²) in [5.74, 6) is 0.685. The van der Waals surface area contributed by atoms with Crippen molar-refractivity contribution >= 4 is 17.5 Å². The van der Waals surface area contributed by atoms with Crippen molar-refractivity contribution in [2.75, 3.05) is 12.4 Å². The molecule has 2 N–H and O–H groups in total. The first-order valence-corrected chi connectivity index (χ1v) is 6.18. The van der Waals surface area contributed by atoms with Gasteiger partial charge in [0.2, 0.25) is 5.91 Å². The molecule has 0 aromatic heterocycles. The number of alkyl halides is 1. The van der Waals surface area contributed by atoms with Gasteiger partial charge in [-0.05, 0) is 25.2 Å². The normalized spacial score (nSPS) is 28.5. The van der Waals surface area contributed by atoms with Crippen LogP contribution in [0.25, 0.3) is 0 Å². The average molecular weight is 234 g/mol. The molecule has 1 aliphatic carbocycles. The molecule has 0 saturated heterocycles. The Morgan fingerprint density at radius 3 is 2.93 bits per heavy atom. The van der Waals surface area contributed by atoms with Gasteiger partial charge >= 0.3 is 0 Å². The summed E-state index contributed by atoms with van der Waals surface area (Å²) in [6.07, 6.45) is 3.71. The van der Waals surface area contributed by atoms with Crippen LogP contribution in [0.2, 0.25) is 0 Å². The van der Waals surface area contributed by atoms with Crippen LogP contribution in [0.5, 0.6) is 0 Å². The lowest BCUT2D eigenvalue weighted by Crippen LogP contribution is -2.36. The van der Waals surface area contributed by atoms with Gasteiger partial charge in [-0.2, -0.15) is 0 Å². The van der Waals surface area contributed by atoms with Crippen LogP contribution in [0.4, 0.5) is 0 Å². The van der Waals surface area contributed by atoms with E-state index in [1.165, 1.54) is 0 Å². The fourth-order valence-corrected chi connectivity index (χ4v) is 2.08. The largest absolute Gasteiger partial charge is 0.393 e. The van der Waals surface area contributed by atoms with Crippen molar-refractivity contribution in [3.63, 3.8) is 0 Å². The Kier molecular flexibility index (Phi) is 5.40. The minimum atomic E-state index is -0.175. The van der Waals surface area contributed by atoms with E-state index in [0.717, 1.165) is 25.7 Å². The van der Waals surface area contributed by atoms with Gasteiger partial charge in [-0.25, -0.2) is 0 Å². The standard InChI is InChI=1S/C11H20ClNO2/c1-8(6-12)11(15)13-7-9-3-2-4-10(14)5-9/h8-10,14H,2-7H2,1H3,(H,13,15). The molecule has 0 aliphatic heterocycles. The first kappa shape index (κ1) is 12.8. The molecule has 15 heavy (non-hydrogen) atoms. The maximum Gasteiger partial charge on any atom is 0.224 e. The van der Waals surface area contributed by atoms with E-state index < -0.39 is 0 Å². The Morgan fingerprint density at radius 2 is 2.33 bits per heavy atom. The average Bonchev–Trinajstić information content (AvgIpc) is 2.25. The number of carbonyl (C=O) groups is 1. The number of amides is 1. The molecular weight excluding hydrogens is 214 g/mol. The maximum atomic E-state index is 11.4. The van der Waals surface area contributed by atoms with E-state index in [-0.39, 0.29) is 17.9 Å². The van der Waals surface area contributed by atoms with Crippen molar-refractivity contribution in [2.45, 2.75) is 38.7 Å². The summed E-state index contributed by atoms with van der Waals surface area (Å²) in [6.45, 7) is 2.50. The molecule has 3 atom stereocenters. The summed E-state index contributed by atoms with van der Waals surface area (Å²) >= 11 is 5.59. The summed E-state index contributed by atoms with van der Waals surface area (Å²) < 4.78 is 0. The summed E-state index contributed by atoms with van der Waals surface area (Å²) in [5.41, 5.74) is 0. The van der Waals surface area contributed by atoms with E-state index in [1.54, 1.807) is 0 Å². The zero-order valence-electron chi connectivity index (χ0n) is 9.21. The first-order chi connectivity index (χ1) is 7.13. The molecule has 3 unspecified atom stereocenters. The second kappa shape index (κ2) is 6.33. The third-order valence-corrected chi connectivity index (χ3v) is 3.46. The smallest absolute Gasteiger partial charge is 0.224 e. The number of aliphatic hydroxyl groups is 1. The lowest BCUT2D eigenvalue weighted by molar-refractivity contribution is -0.124. The molecule has 88 valence electrons. The Labute approximate surface area is 96.2 Å². The van der Waals surface area contributed by atoms with Crippen LogP contribution in [0.15, 0.2) is 0 Å². The molecule has 0 aromatic carbocycles.